The SMILES string of the molecule is C(=C\[P+](c1ccccc1)(c1ccccc1)c1ccccc1)/Oc1ccccc1. The average molecular weight is 381 g/mol. The molecule has 0 unspecified atom stereocenters. The van der Waals surface area contributed by atoms with Crippen molar-refractivity contribution in [1.29, 1.82) is 0 Å². The number of hydrogen-bond acceptors (Lipinski definition) is 1. The van der Waals surface area contributed by atoms with E-state index in [1.54, 1.807) is 0 Å². The van der Waals surface area contributed by atoms with Gasteiger partial charge in [-0.25, -0.2) is 0 Å². The number of benzene rings is 4. The normalized spacial score (nSPS) is 11.4. The summed E-state index contributed by atoms with van der Waals surface area (Å²) in [7, 11) is -2.00. The van der Waals surface area contributed by atoms with E-state index in [9.17, 15) is 0 Å². The Morgan fingerprint density at radius 2 is 0.821 bits per heavy atom. The molecule has 0 radical (unpaired) electrons. The highest BCUT2D eigenvalue weighted by molar-refractivity contribution is 7.98. The Bertz CT molecular complexity index is 916. The van der Waals surface area contributed by atoms with Crippen molar-refractivity contribution in [3.8, 4) is 5.75 Å². The van der Waals surface area contributed by atoms with Crippen LogP contribution < -0.4 is 20.7 Å². The summed E-state index contributed by atoms with van der Waals surface area (Å²) in [6.45, 7) is 0. The lowest BCUT2D eigenvalue weighted by molar-refractivity contribution is 0.482. The molecule has 0 aromatic heterocycles. The van der Waals surface area contributed by atoms with Crippen molar-refractivity contribution in [2.75, 3.05) is 0 Å². The molecular weight excluding hydrogens is 359 g/mol. The lowest BCUT2D eigenvalue weighted by Gasteiger charge is -2.23. The number of para-hydroxylation sites is 1. The topological polar surface area (TPSA) is 9.23 Å². The van der Waals surface area contributed by atoms with E-state index in [4.69, 9.17) is 4.74 Å². The van der Waals surface area contributed by atoms with E-state index in [-0.39, 0.29) is 0 Å². The fourth-order valence-electron chi connectivity index (χ4n) is 3.39. The smallest absolute Gasteiger partial charge is 0.140 e. The van der Waals surface area contributed by atoms with Crippen LogP contribution in [0.25, 0.3) is 0 Å². The minimum absolute atomic E-state index is 0.839. The van der Waals surface area contributed by atoms with Gasteiger partial charge in [0.25, 0.3) is 0 Å². The van der Waals surface area contributed by atoms with Crippen molar-refractivity contribution in [2.45, 2.75) is 0 Å². The van der Waals surface area contributed by atoms with E-state index in [1.165, 1.54) is 15.9 Å². The Morgan fingerprint density at radius 3 is 1.21 bits per heavy atom. The molecule has 0 N–H and O–H groups in total. The highest BCUT2D eigenvalue weighted by Crippen LogP contribution is 2.56. The third-order valence-corrected chi connectivity index (χ3v) is 8.63. The summed E-state index contributed by atoms with van der Waals surface area (Å²) in [4.78, 5) is 0. The van der Waals surface area contributed by atoms with E-state index in [0.717, 1.165) is 5.75 Å². The molecule has 0 aliphatic rings. The monoisotopic (exact) mass is 381 g/mol. The van der Waals surface area contributed by atoms with E-state index in [1.807, 2.05) is 36.6 Å². The van der Waals surface area contributed by atoms with Crippen LogP contribution in [0.2, 0.25) is 0 Å². The van der Waals surface area contributed by atoms with Crippen molar-refractivity contribution in [3.63, 3.8) is 0 Å². The number of hydrogen-bond donors (Lipinski definition) is 0. The molecule has 0 bridgehead atoms. The van der Waals surface area contributed by atoms with Crippen molar-refractivity contribution in [3.05, 3.63) is 133 Å². The van der Waals surface area contributed by atoms with Gasteiger partial charge in [0.1, 0.15) is 41.0 Å². The second-order valence-corrected chi connectivity index (χ2v) is 9.74. The van der Waals surface area contributed by atoms with Gasteiger partial charge in [-0.1, -0.05) is 72.8 Å². The van der Waals surface area contributed by atoms with Gasteiger partial charge in [-0.2, -0.15) is 0 Å². The zero-order chi connectivity index (χ0) is 19.1. The van der Waals surface area contributed by atoms with Crippen LogP contribution in [0.4, 0.5) is 0 Å². The summed E-state index contributed by atoms with van der Waals surface area (Å²) < 4.78 is 5.97. The molecule has 0 spiro atoms. The third-order valence-electron chi connectivity index (χ3n) is 4.72. The van der Waals surface area contributed by atoms with E-state index in [0.29, 0.717) is 0 Å². The summed E-state index contributed by atoms with van der Waals surface area (Å²) in [6, 6.07) is 42.1. The molecule has 0 aliphatic heterocycles. The van der Waals surface area contributed by atoms with Crippen LogP contribution >= 0.6 is 7.26 Å². The molecule has 4 rings (SSSR count). The zero-order valence-corrected chi connectivity index (χ0v) is 16.5. The first-order valence-corrected chi connectivity index (χ1v) is 11.2. The van der Waals surface area contributed by atoms with Gasteiger partial charge in [-0.3, -0.25) is 0 Å². The summed E-state index contributed by atoms with van der Waals surface area (Å²) in [5, 5.41) is 3.92. The minimum Gasteiger partial charge on any atom is -0.462 e. The fraction of sp³-hybridized carbons (Fsp3) is 0. The Labute approximate surface area is 167 Å². The molecule has 0 aliphatic carbocycles. The predicted molar refractivity (Wildman–Crippen MR) is 121 cm³/mol. The molecule has 2 heteroatoms. The van der Waals surface area contributed by atoms with Gasteiger partial charge in [-0.15, -0.1) is 0 Å². The first-order chi connectivity index (χ1) is 13.9. The van der Waals surface area contributed by atoms with Gasteiger partial charge in [-0.05, 0) is 48.5 Å². The van der Waals surface area contributed by atoms with Crippen LogP contribution in [0.5, 0.6) is 5.75 Å². The Morgan fingerprint density at radius 1 is 0.464 bits per heavy atom. The summed E-state index contributed by atoms with van der Waals surface area (Å²) >= 11 is 0. The summed E-state index contributed by atoms with van der Waals surface area (Å²) in [5.41, 5.74) is 0. The summed E-state index contributed by atoms with van der Waals surface area (Å²) in [6.07, 6.45) is 1.86. The van der Waals surface area contributed by atoms with E-state index >= 15 is 0 Å². The largest absolute Gasteiger partial charge is 0.462 e. The van der Waals surface area contributed by atoms with Crippen molar-refractivity contribution < 1.29 is 4.74 Å². The molecular formula is C26H22OP+. The fourth-order valence-corrected chi connectivity index (χ4v) is 6.98. The van der Waals surface area contributed by atoms with Gasteiger partial charge in [0.05, 0.1) is 0 Å². The van der Waals surface area contributed by atoms with Crippen LogP contribution in [0.3, 0.4) is 0 Å². The molecule has 136 valence electrons. The molecule has 0 saturated heterocycles. The first-order valence-electron chi connectivity index (χ1n) is 9.34. The molecule has 4 aromatic rings. The Balaban J connectivity index is 1.88. The Kier molecular flexibility index (Phi) is 5.66. The molecule has 0 atom stereocenters. The standard InChI is InChI=1S/C26H22OP/c1-5-13-23(14-6-1)27-21-22-28(24-15-7-2-8-16-24,25-17-9-3-10-18-25)26-19-11-4-12-20-26/h1-22H/q+1/b22-21+. The molecule has 1 nitrogen and oxygen atoms in total. The lowest BCUT2D eigenvalue weighted by atomic mass is 10.3. The molecule has 0 amide bonds. The third kappa shape index (κ3) is 3.76. The maximum absolute atomic E-state index is 5.97. The Hall–Kier alpha value is -3.15. The molecule has 0 saturated carbocycles. The quantitative estimate of drug-likeness (QED) is 0.315. The van der Waals surface area contributed by atoms with Gasteiger partial charge in [0.2, 0.25) is 0 Å². The van der Waals surface area contributed by atoms with Crippen LogP contribution in [0, 0.1) is 0 Å². The highest BCUT2D eigenvalue weighted by Gasteiger charge is 2.43. The van der Waals surface area contributed by atoms with Crippen LogP contribution in [-0.2, 0) is 0 Å². The lowest BCUT2D eigenvalue weighted by Crippen LogP contribution is -2.29. The van der Waals surface area contributed by atoms with Crippen molar-refractivity contribution >= 4 is 23.2 Å². The van der Waals surface area contributed by atoms with Crippen LogP contribution in [0.1, 0.15) is 0 Å². The van der Waals surface area contributed by atoms with Crippen LogP contribution in [-0.4, -0.2) is 0 Å². The van der Waals surface area contributed by atoms with E-state index < -0.39 is 7.26 Å². The summed E-state index contributed by atoms with van der Waals surface area (Å²) in [5.74, 6) is 3.10. The van der Waals surface area contributed by atoms with Gasteiger partial charge in [0, 0.05) is 0 Å². The van der Waals surface area contributed by atoms with Gasteiger partial charge < -0.3 is 4.74 Å². The van der Waals surface area contributed by atoms with E-state index in [2.05, 4.69) is 96.8 Å². The molecule has 28 heavy (non-hydrogen) atoms. The molecule has 4 aromatic carbocycles. The number of ether oxygens (including phenoxy) is 1. The minimum atomic E-state index is -2.00. The van der Waals surface area contributed by atoms with Crippen molar-refractivity contribution in [2.24, 2.45) is 0 Å². The van der Waals surface area contributed by atoms with Crippen LogP contribution in [0.15, 0.2) is 133 Å². The maximum Gasteiger partial charge on any atom is 0.140 e. The first kappa shape index (κ1) is 18.2. The van der Waals surface area contributed by atoms with Gasteiger partial charge in [0.15, 0.2) is 0 Å². The predicted octanol–water partition coefficient (Wildman–Crippen LogP) is 5.53. The van der Waals surface area contributed by atoms with Crippen molar-refractivity contribution in [1.82, 2.24) is 0 Å². The number of rotatable bonds is 6. The molecule has 0 heterocycles. The maximum atomic E-state index is 5.97. The zero-order valence-electron chi connectivity index (χ0n) is 15.6. The van der Waals surface area contributed by atoms with Gasteiger partial charge >= 0.3 is 0 Å². The average Bonchev–Trinajstić information content (AvgIpc) is 2.79. The second kappa shape index (κ2) is 8.69. The molecule has 0 fully saturated rings. The second-order valence-electron chi connectivity index (χ2n) is 6.45. The highest BCUT2D eigenvalue weighted by atomic mass is 31.2.